The lowest BCUT2D eigenvalue weighted by atomic mass is 10.1. The van der Waals surface area contributed by atoms with Crippen LogP contribution in [0.5, 0.6) is 0 Å². The Balaban J connectivity index is 2.39. The molecular weight excluding hydrogens is 416 g/mol. The number of aryl methyl sites for hydroxylation is 1. The number of primary sulfonamides is 1. The number of ether oxygens (including phenoxy) is 1. The normalized spacial score (nSPS) is 12.6. The van der Waals surface area contributed by atoms with Gasteiger partial charge in [-0.05, 0) is 26.0 Å². The van der Waals surface area contributed by atoms with Crippen molar-refractivity contribution in [2.45, 2.75) is 20.4 Å². The molecule has 0 aromatic carbocycles. The monoisotopic (exact) mass is 438 g/mol. The van der Waals surface area contributed by atoms with Crippen molar-refractivity contribution in [1.82, 2.24) is 14.9 Å². The second-order valence-corrected chi connectivity index (χ2v) is 8.81. The third-order valence-electron chi connectivity index (χ3n) is 4.00. The van der Waals surface area contributed by atoms with E-state index in [9.17, 15) is 18.0 Å². The molecule has 9 nitrogen and oxygen atoms in total. The first kappa shape index (κ1) is 22.7. The Labute approximate surface area is 172 Å². The largest absolute Gasteiger partial charge is 0.383 e. The number of methoxy groups -OCH3 is 1. The van der Waals surface area contributed by atoms with Crippen LogP contribution in [0.4, 0.5) is 0 Å². The molecular formula is C18H22N4O5S2. The molecule has 2 aromatic heterocycles. The Kier molecular flexibility index (Phi) is 7.25. The quantitative estimate of drug-likeness (QED) is 0.599. The SMILES string of the molecule is C=C(/C=C\C(=C/C)NC(=O)c1c(C)sc2ncn(CCOC)c(=O)c12)S(N)(=O)=O. The fraction of sp³-hybridized carbons (Fsp3) is 0.278. The van der Waals surface area contributed by atoms with Crippen molar-refractivity contribution in [3.63, 3.8) is 0 Å². The first-order valence-corrected chi connectivity index (χ1v) is 10.8. The molecule has 0 fully saturated rings. The zero-order valence-electron chi connectivity index (χ0n) is 16.3. The molecule has 0 aliphatic rings. The van der Waals surface area contributed by atoms with E-state index in [2.05, 4.69) is 16.9 Å². The van der Waals surface area contributed by atoms with Crippen LogP contribution >= 0.6 is 11.3 Å². The predicted molar refractivity (Wildman–Crippen MR) is 113 cm³/mol. The van der Waals surface area contributed by atoms with E-state index in [1.165, 1.54) is 41.5 Å². The summed E-state index contributed by atoms with van der Waals surface area (Å²) in [5.74, 6) is -0.504. The number of carbonyl (C=O) groups excluding carboxylic acids is 1. The number of nitrogens with two attached hydrogens (primary N) is 1. The van der Waals surface area contributed by atoms with E-state index in [1.807, 2.05) is 0 Å². The average Bonchev–Trinajstić information content (AvgIpc) is 3.00. The van der Waals surface area contributed by atoms with Crippen LogP contribution in [-0.4, -0.2) is 37.6 Å². The van der Waals surface area contributed by atoms with Gasteiger partial charge in [0.1, 0.15) is 4.83 Å². The maximum atomic E-state index is 12.9. The highest BCUT2D eigenvalue weighted by Gasteiger charge is 2.21. The van der Waals surface area contributed by atoms with Gasteiger partial charge >= 0.3 is 0 Å². The fourth-order valence-electron chi connectivity index (χ4n) is 2.44. The summed E-state index contributed by atoms with van der Waals surface area (Å²) >= 11 is 1.25. The number of aromatic nitrogens is 2. The van der Waals surface area contributed by atoms with Gasteiger partial charge in [-0.25, -0.2) is 18.5 Å². The Morgan fingerprint density at radius 2 is 2.14 bits per heavy atom. The van der Waals surface area contributed by atoms with Crippen LogP contribution in [0.2, 0.25) is 0 Å². The van der Waals surface area contributed by atoms with Crippen LogP contribution in [0, 0.1) is 6.92 Å². The van der Waals surface area contributed by atoms with Crippen molar-refractivity contribution in [3.05, 3.63) is 62.5 Å². The van der Waals surface area contributed by atoms with Crippen molar-refractivity contribution in [2.24, 2.45) is 5.14 Å². The molecule has 0 unspecified atom stereocenters. The van der Waals surface area contributed by atoms with Gasteiger partial charge in [0.05, 0.1) is 35.3 Å². The molecule has 11 heteroatoms. The van der Waals surface area contributed by atoms with Gasteiger partial charge in [-0.1, -0.05) is 12.7 Å². The summed E-state index contributed by atoms with van der Waals surface area (Å²) in [5, 5.41) is 7.89. The molecule has 0 aliphatic carbocycles. The summed E-state index contributed by atoms with van der Waals surface area (Å²) in [6.07, 6.45) is 5.55. The molecule has 3 N–H and O–H groups in total. The summed E-state index contributed by atoms with van der Waals surface area (Å²) in [6, 6.07) is 0. The van der Waals surface area contributed by atoms with Crippen LogP contribution < -0.4 is 16.0 Å². The fourth-order valence-corrected chi connectivity index (χ4v) is 3.68. The number of rotatable bonds is 8. The van der Waals surface area contributed by atoms with Gasteiger partial charge in [-0.3, -0.25) is 14.2 Å². The maximum Gasteiger partial charge on any atom is 0.262 e. The summed E-state index contributed by atoms with van der Waals surface area (Å²) in [4.78, 5) is 30.8. The zero-order chi connectivity index (χ0) is 21.8. The lowest BCUT2D eigenvalue weighted by Crippen LogP contribution is -2.27. The molecule has 2 heterocycles. The second-order valence-electron chi connectivity index (χ2n) is 5.99. The number of hydrogen-bond acceptors (Lipinski definition) is 7. The first-order valence-electron chi connectivity index (χ1n) is 8.45. The molecule has 156 valence electrons. The smallest absolute Gasteiger partial charge is 0.262 e. The van der Waals surface area contributed by atoms with Gasteiger partial charge in [0.15, 0.2) is 0 Å². The second kappa shape index (κ2) is 9.27. The summed E-state index contributed by atoms with van der Waals surface area (Å²) in [5.41, 5.74) is 0.219. The van der Waals surface area contributed by atoms with E-state index in [1.54, 1.807) is 19.9 Å². The molecule has 0 bridgehead atoms. The van der Waals surface area contributed by atoms with Gasteiger partial charge < -0.3 is 10.1 Å². The number of carbonyl (C=O) groups is 1. The minimum atomic E-state index is -3.91. The van der Waals surface area contributed by atoms with E-state index in [4.69, 9.17) is 9.88 Å². The van der Waals surface area contributed by atoms with Crippen LogP contribution in [0.3, 0.4) is 0 Å². The molecule has 0 saturated carbocycles. The average molecular weight is 439 g/mol. The standard InChI is InChI=1S/C18H22N4O5S2/c1-5-13(7-6-11(2)29(19,25)26)21-16(23)14-12(3)28-17-15(14)18(24)22(10-20-17)8-9-27-4/h5-7,10H,2,8-9H2,1,3-4H3,(H,21,23)(H2,19,25,26)/b7-6-,13-5+. The van der Waals surface area contributed by atoms with Crippen LogP contribution in [0.15, 0.2) is 46.5 Å². The Bertz CT molecular complexity index is 1170. The lowest BCUT2D eigenvalue weighted by molar-refractivity contribution is 0.0968. The minimum Gasteiger partial charge on any atom is -0.383 e. The Hall–Kier alpha value is -2.60. The number of thiophene rings is 1. The summed E-state index contributed by atoms with van der Waals surface area (Å²) in [6.45, 7) is 7.40. The molecule has 0 aliphatic heterocycles. The molecule has 1 amide bonds. The minimum absolute atomic E-state index is 0.229. The number of allylic oxidation sites excluding steroid dienone is 3. The number of nitrogens with zero attached hydrogens (tertiary/aromatic N) is 2. The first-order chi connectivity index (χ1) is 13.6. The summed E-state index contributed by atoms with van der Waals surface area (Å²) < 4.78 is 28.9. The molecule has 0 spiro atoms. The van der Waals surface area contributed by atoms with Gasteiger partial charge in [-0.2, -0.15) is 0 Å². The zero-order valence-corrected chi connectivity index (χ0v) is 17.9. The van der Waals surface area contributed by atoms with E-state index < -0.39 is 15.9 Å². The Morgan fingerprint density at radius 1 is 1.45 bits per heavy atom. The van der Waals surface area contributed by atoms with Crippen molar-refractivity contribution in [2.75, 3.05) is 13.7 Å². The van der Waals surface area contributed by atoms with Gasteiger partial charge in [0.2, 0.25) is 10.0 Å². The number of amides is 1. The van der Waals surface area contributed by atoms with Crippen LogP contribution in [0.1, 0.15) is 22.2 Å². The van der Waals surface area contributed by atoms with E-state index in [0.29, 0.717) is 28.6 Å². The molecule has 0 atom stereocenters. The van der Waals surface area contributed by atoms with Crippen molar-refractivity contribution >= 4 is 37.5 Å². The molecule has 2 aromatic rings. The lowest BCUT2D eigenvalue weighted by Gasteiger charge is -2.08. The molecule has 29 heavy (non-hydrogen) atoms. The molecule has 0 radical (unpaired) electrons. The molecule has 0 saturated heterocycles. The maximum absolute atomic E-state index is 12.9. The predicted octanol–water partition coefficient (Wildman–Crippen LogP) is 1.40. The van der Waals surface area contributed by atoms with E-state index in [-0.39, 0.29) is 21.4 Å². The highest BCUT2D eigenvalue weighted by atomic mass is 32.2. The number of hydrogen-bond donors (Lipinski definition) is 2. The number of nitrogens with one attached hydrogen (secondary N) is 1. The Morgan fingerprint density at radius 3 is 2.72 bits per heavy atom. The third-order valence-corrected chi connectivity index (χ3v) is 5.88. The van der Waals surface area contributed by atoms with Gasteiger partial charge in [0.25, 0.3) is 11.5 Å². The topological polar surface area (TPSA) is 133 Å². The third kappa shape index (κ3) is 5.26. The highest BCUT2D eigenvalue weighted by molar-refractivity contribution is 7.93. The van der Waals surface area contributed by atoms with Crippen molar-refractivity contribution < 1.29 is 17.9 Å². The van der Waals surface area contributed by atoms with Crippen LogP contribution in [0.25, 0.3) is 10.2 Å². The summed E-state index contributed by atoms with van der Waals surface area (Å²) in [7, 11) is -2.39. The van der Waals surface area contributed by atoms with E-state index >= 15 is 0 Å². The van der Waals surface area contributed by atoms with Gasteiger partial charge in [-0.15, -0.1) is 11.3 Å². The van der Waals surface area contributed by atoms with E-state index in [0.717, 1.165) is 0 Å². The van der Waals surface area contributed by atoms with Crippen molar-refractivity contribution in [1.29, 1.82) is 0 Å². The van der Waals surface area contributed by atoms with Crippen LogP contribution in [-0.2, 0) is 21.3 Å². The van der Waals surface area contributed by atoms with Crippen molar-refractivity contribution in [3.8, 4) is 0 Å². The highest BCUT2D eigenvalue weighted by Crippen LogP contribution is 2.26. The number of sulfonamides is 1. The molecule has 2 rings (SSSR count). The number of fused-ring (bicyclic) bond motifs is 1. The van der Waals surface area contributed by atoms with Gasteiger partial charge in [0, 0.05) is 17.7 Å².